The van der Waals surface area contributed by atoms with E-state index < -0.39 is 12.1 Å². The van der Waals surface area contributed by atoms with Crippen LogP contribution in [0.25, 0.3) is 20.9 Å². The minimum Gasteiger partial charge on any atom is -0.475 e. The van der Waals surface area contributed by atoms with Crippen LogP contribution in [0.15, 0.2) is 10.2 Å². The molecule has 3 saturated carbocycles. The molecule has 3 aliphatic heterocycles. The number of carboxylic acids is 1. The van der Waals surface area contributed by atoms with Gasteiger partial charge in [-0.3, -0.25) is 24.2 Å². The van der Waals surface area contributed by atoms with Crippen molar-refractivity contribution in [3.8, 4) is 0 Å². The minimum atomic E-state index is -5.08. The normalized spacial score (nSPS) is 26.1. The summed E-state index contributed by atoms with van der Waals surface area (Å²) in [4.78, 5) is 63.9. The fraction of sp³-hybridized carbons (Fsp3) is 0.878. The molecule has 4 N–H and O–H groups in total. The SMILES string of the molecule is CCOC(=O)[C@@H]1C[C@H](N)CN1CC1CCCC1.CCOC(=O)[C@@H]1C[C@H](N=[N+]=[N-])CN1.CCOC(=O)[C@@H]1C[C@H](N=[N+]=[N-])CN1CC1CCCC1.O=C(O)C(F)(F)F.O=CC1CCCC1. The molecular formula is C41H69F3N10O9. The molecule has 6 fully saturated rings. The Morgan fingerprint density at radius 2 is 1.16 bits per heavy atom. The number of rotatable bonds is 13. The van der Waals surface area contributed by atoms with Crippen LogP contribution in [-0.4, -0.2) is 140 Å². The highest BCUT2D eigenvalue weighted by molar-refractivity contribution is 5.77. The summed E-state index contributed by atoms with van der Waals surface area (Å²) in [5, 5.41) is 17.4. The van der Waals surface area contributed by atoms with Gasteiger partial charge in [-0.1, -0.05) is 48.8 Å². The topological polar surface area (TPSA) is 275 Å². The van der Waals surface area contributed by atoms with Gasteiger partial charge in [-0.05, 0) is 101 Å². The van der Waals surface area contributed by atoms with Crippen molar-refractivity contribution >= 4 is 30.2 Å². The van der Waals surface area contributed by atoms with Crippen LogP contribution >= 0.6 is 0 Å². The molecule has 6 aliphatic rings. The average molecular weight is 903 g/mol. The zero-order valence-electron chi connectivity index (χ0n) is 37.0. The number of nitrogens with zero attached hydrogens (tertiary/aromatic N) is 8. The lowest BCUT2D eigenvalue weighted by molar-refractivity contribution is -0.192. The van der Waals surface area contributed by atoms with E-state index in [4.69, 9.17) is 40.9 Å². The Morgan fingerprint density at radius 3 is 1.59 bits per heavy atom. The Morgan fingerprint density at radius 1 is 0.730 bits per heavy atom. The number of nitrogens with one attached hydrogen (secondary N) is 1. The maximum absolute atomic E-state index is 12.0. The molecule has 0 amide bonds. The van der Waals surface area contributed by atoms with Gasteiger partial charge in [0.05, 0.1) is 31.9 Å². The van der Waals surface area contributed by atoms with E-state index in [1.807, 2.05) is 13.8 Å². The number of azide groups is 2. The summed E-state index contributed by atoms with van der Waals surface area (Å²) < 4.78 is 46.8. The number of hydrogen-bond donors (Lipinski definition) is 3. The van der Waals surface area contributed by atoms with Crippen molar-refractivity contribution in [2.75, 3.05) is 52.5 Å². The Labute approximate surface area is 367 Å². The van der Waals surface area contributed by atoms with Crippen LogP contribution in [0.5, 0.6) is 0 Å². The summed E-state index contributed by atoms with van der Waals surface area (Å²) in [7, 11) is 0. The van der Waals surface area contributed by atoms with Crippen molar-refractivity contribution in [3.05, 3.63) is 20.9 Å². The lowest BCUT2D eigenvalue weighted by Gasteiger charge is -2.25. The van der Waals surface area contributed by atoms with Crippen LogP contribution in [0.3, 0.4) is 0 Å². The third-order valence-electron chi connectivity index (χ3n) is 11.8. The number of nitrogens with two attached hydrogens (primary N) is 1. The Balaban J connectivity index is 0.000000285. The van der Waals surface area contributed by atoms with Gasteiger partial charge in [0.15, 0.2) is 0 Å². The number of aliphatic carboxylic acids is 1. The van der Waals surface area contributed by atoms with Crippen LogP contribution < -0.4 is 11.1 Å². The Kier molecular flexibility index (Phi) is 26.2. The zero-order chi connectivity index (χ0) is 46.8. The fourth-order valence-corrected chi connectivity index (χ4v) is 8.79. The molecule has 22 heteroatoms. The van der Waals surface area contributed by atoms with Gasteiger partial charge in [-0.25, -0.2) is 4.79 Å². The highest BCUT2D eigenvalue weighted by atomic mass is 19.4. The number of ether oxygens (including phenoxy) is 3. The van der Waals surface area contributed by atoms with Gasteiger partial charge in [-0.15, -0.1) is 0 Å². The number of carboxylic acid groups (broad SMARTS) is 1. The highest BCUT2D eigenvalue weighted by Gasteiger charge is 2.40. The lowest BCUT2D eigenvalue weighted by atomic mass is 10.1. The zero-order valence-corrected chi connectivity index (χ0v) is 37.0. The molecule has 0 unspecified atom stereocenters. The molecule has 3 aliphatic carbocycles. The Hall–Kier alpha value is -4.20. The summed E-state index contributed by atoms with van der Waals surface area (Å²) in [6.45, 7) is 10.7. The summed E-state index contributed by atoms with van der Waals surface area (Å²) in [5.41, 5.74) is 22.7. The molecule has 0 radical (unpaired) electrons. The first kappa shape index (κ1) is 54.9. The molecule has 6 atom stereocenters. The van der Waals surface area contributed by atoms with Crippen molar-refractivity contribution in [1.29, 1.82) is 0 Å². The van der Waals surface area contributed by atoms with Crippen molar-refractivity contribution in [3.63, 3.8) is 0 Å². The molecule has 6 rings (SSSR count). The summed E-state index contributed by atoms with van der Waals surface area (Å²) in [6.07, 6.45) is 13.1. The Bertz CT molecular complexity index is 1500. The molecule has 63 heavy (non-hydrogen) atoms. The molecule has 0 bridgehead atoms. The minimum absolute atomic E-state index is 0.0848. The third-order valence-corrected chi connectivity index (χ3v) is 11.8. The van der Waals surface area contributed by atoms with E-state index in [1.165, 1.54) is 64.2 Å². The fourth-order valence-electron chi connectivity index (χ4n) is 8.79. The molecule has 0 spiro atoms. The number of halogens is 3. The van der Waals surface area contributed by atoms with Gasteiger partial charge in [0.25, 0.3) is 0 Å². The number of carbonyl (C=O) groups is 5. The molecule has 0 aromatic heterocycles. The predicted octanol–water partition coefficient (Wildman–Crippen LogP) is 6.23. The second kappa shape index (κ2) is 30.0. The number of carbonyl (C=O) groups excluding carboxylic acids is 4. The summed E-state index contributed by atoms with van der Waals surface area (Å²) in [5.74, 6) is -1.42. The van der Waals surface area contributed by atoms with E-state index in [0.29, 0.717) is 57.6 Å². The monoisotopic (exact) mass is 903 g/mol. The largest absolute Gasteiger partial charge is 0.490 e. The van der Waals surface area contributed by atoms with E-state index in [0.717, 1.165) is 51.1 Å². The van der Waals surface area contributed by atoms with Gasteiger partial charge in [0.1, 0.15) is 24.4 Å². The maximum Gasteiger partial charge on any atom is 0.490 e. The molecule has 358 valence electrons. The molecule has 19 nitrogen and oxygen atoms in total. The van der Waals surface area contributed by atoms with E-state index in [9.17, 15) is 32.3 Å². The van der Waals surface area contributed by atoms with E-state index >= 15 is 0 Å². The molecular weight excluding hydrogens is 834 g/mol. The maximum atomic E-state index is 12.0. The van der Waals surface area contributed by atoms with Crippen LogP contribution in [0.1, 0.15) is 117 Å². The predicted molar refractivity (Wildman–Crippen MR) is 226 cm³/mol. The molecule has 0 aromatic rings. The van der Waals surface area contributed by atoms with Crippen molar-refractivity contribution in [2.24, 2.45) is 33.7 Å². The first-order valence-electron chi connectivity index (χ1n) is 22.4. The highest BCUT2D eigenvalue weighted by Crippen LogP contribution is 2.31. The number of esters is 3. The van der Waals surface area contributed by atoms with Crippen molar-refractivity contribution in [2.45, 2.75) is 160 Å². The van der Waals surface area contributed by atoms with Crippen molar-refractivity contribution < 1.29 is 56.5 Å². The van der Waals surface area contributed by atoms with Crippen LogP contribution in [0.2, 0.25) is 0 Å². The van der Waals surface area contributed by atoms with Crippen LogP contribution in [0, 0.1) is 17.8 Å². The van der Waals surface area contributed by atoms with Gasteiger partial charge >= 0.3 is 30.1 Å². The first-order valence-corrected chi connectivity index (χ1v) is 22.4. The standard InChI is InChI=1S/C13H22N4O2.C13H24N2O2.C7H12N4O2.C6H10O.C2HF3O2/c1-2-19-13(18)12-7-11(15-16-14)9-17(12)8-10-5-3-4-6-10;1-2-17-13(16)12-7-11(14)9-15(12)8-10-5-3-4-6-10;1-2-13-7(12)6-3-5(4-9-6)10-11-8;7-5-6-3-1-2-4-6;3-2(4,5)1(6)7/h10-12H,2-9H2,1H3;10-12H,2-9,14H2,1H3;5-6,9H,2-4H2,1H3;5-6H,1-4H2;(H,6,7)/t2*11-,12-;5-,6-;;/m000../s1. The first-order chi connectivity index (χ1) is 30.1. The van der Waals surface area contributed by atoms with E-state index in [2.05, 4.69) is 35.2 Å². The average Bonchev–Trinajstić information content (AvgIpc) is 4.10. The smallest absolute Gasteiger partial charge is 0.475 e. The van der Waals surface area contributed by atoms with Gasteiger partial charge in [0, 0.05) is 54.5 Å². The number of alkyl halides is 3. The lowest BCUT2D eigenvalue weighted by Crippen LogP contribution is -2.40. The van der Waals surface area contributed by atoms with Crippen LogP contribution in [0.4, 0.5) is 13.2 Å². The van der Waals surface area contributed by atoms with Gasteiger partial charge in [-0.2, -0.15) is 13.2 Å². The van der Waals surface area contributed by atoms with Crippen molar-refractivity contribution in [1.82, 2.24) is 15.1 Å². The van der Waals surface area contributed by atoms with E-state index in [-0.39, 0.29) is 54.2 Å². The molecule has 3 saturated heterocycles. The summed E-state index contributed by atoms with van der Waals surface area (Å²) in [6, 6.07) is -0.719. The third kappa shape index (κ3) is 20.9. The molecule has 0 aromatic carbocycles. The quantitative estimate of drug-likeness (QED) is 0.0462. The number of hydrogen-bond acceptors (Lipinski definition) is 14. The van der Waals surface area contributed by atoms with Gasteiger partial charge < -0.3 is 35.2 Å². The second-order valence-electron chi connectivity index (χ2n) is 16.6. The second-order valence-corrected chi connectivity index (χ2v) is 16.6. The molecule has 3 heterocycles. The van der Waals surface area contributed by atoms with Crippen LogP contribution in [-0.2, 0) is 38.2 Å². The van der Waals surface area contributed by atoms with Gasteiger partial charge in [0.2, 0.25) is 0 Å². The number of aldehydes is 1. The summed E-state index contributed by atoms with van der Waals surface area (Å²) >= 11 is 0. The van der Waals surface area contributed by atoms with E-state index in [1.54, 1.807) is 6.92 Å². The number of likely N-dealkylation sites (tertiary alicyclic amines) is 2.